The van der Waals surface area contributed by atoms with Crippen LogP contribution in [0.25, 0.3) is 0 Å². The number of aliphatic hydroxyl groups excluding tert-OH is 3. The van der Waals surface area contributed by atoms with Crippen LogP contribution in [-0.2, 0) is 22.6 Å². The highest BCUT2D eigenvalue weighted by Gasteiger charge is 2.50. The summed E-state index contributed by atoms with van der Waals surface area (Å²) in [7, 11) is 1.60. The van der Waals surface area contributed by atoms with Gasteiger partial charge in [-0.1, -0.05) is 24.3 Å². The van der Waals surface area contributed by atoms with E-state index in [9.17, 15) is 30.0 Å². The van der Waals surface area contributed by atoms with Crippen LogP contribution in [0, 0.1) is 0 Å². The van der Waals surface area contributed by atoms with Crippen molar-refractivity contribution < 1.29 is 39.5 Å². The number of aliphatic hydroxyl groups is 3. The minimum Gasteiger partial charge on any atom is -0.497 e. The van der Waals surface area contributed by atoms with Crippen molar-refractivity contribution >= 4 is 11.9 Å². The van der Waals surface area contributed by atoms with Gasteiger partial charge in [-0.25, -0.2) is 4.79 Å². The van der Waals surface area contributed by atoms with Crippen molar-refractivity contribution in [3.8, 4) is 5.75 Å². The molecule has 0 radical (unpaired) electrons. The van der Waals surface area contributed by atoms with Crippen LogP contribution in [-0.4, -0.2) is 69.9 Å². The van der Waals surface area contributed by atoms with Crippen molar-refractivity contribution in [1.82, 2.24) is 5.32 Å². The molecule has 0 heterocycles. The van der Waals surface area contributed by atoms with Crippen molar-refractivity contribution in [3.05, 3.63) is 65.2 Å². The Balaban J connectivity index is 1.52. The van der Waals surface area contributed by atoms with Gasteiger partial charge in [-0.05, 0) is 41.8 Å². The molecular weight excluding hydrogens is 430 g/mol. The molecule has 5 N–H and O–H groups in total. The van der Waals surface area contributed by atoms with Gasteiger partial charge in [0.05, 0.1) is 25.9 Å². The van der Waals surface area contributed by atoms with E-state index in [0.29, 0.717) is 24.1 Å². The Labute approximate surface area is 191 Å². The molecule has 0 aliphatic heterocycles. The van der Waals surface area contributed by atoms with E-state index in [2.05, 4.69) is 5.32 Å². The first-order chi connectivity index (χ1) is 15.7. The molecule has 0 spiro atoms. The van der Waals surface area contributed by atoms with E-state index in [4.69, 9.17) is 9.47 Å². The van der Waals surface area contributed by atoms with Crippen molar-refractivity contribution in [1.29, 1.82) is 0 Å². The van der Waals surface area contributed by atoms with E-state index < -0.39 is 29.9 Å². The molecule has 3 rings (SSSR count). The molecule has 0 aromatic heterocycles. The first kappa shape index (κ1) is 24.7. The van der Waals surface area contributed by atoms with Gasteiger partial charge in [0.1, 0.15) is 11.9 Å². The summed E-state index contributed by atoms with van der Waals surface area (Å²) in [6, 6.07) is 14.1. The quantitative estimate of drug-likeness (QED) is 0.372. The molecule has 1 saturated carbocycles. The molecule has 1 aliphatic rings. The zero-order chi connectivity index (χ0) is 24.0. The second kappa shape index (κ2) is 10.8. The number of nitrogens with one attached hydrogen (secondary N) is 1. The number of benzene rings is 2. The number of carbonyl (C=O) groups is 2. The number of hydrogen-bond acceptors (Lipinski definition) is 7. The number of methoxy groups -OCH3 is 1. The molecule has 33 heavy (non-hydrogen) atoms. The molecule has 9 heteroatoms. The molecule has 0 bridgehead atoms. The summed E-state index contributed by atoms with van der Waals surface area (Å²) >= 11 is 0. The van der Waals surface area contributed by atoms with E-state index >= 15 is 0 Å². The van der Waals surface area contributed by atoms with Crippen LogP contribution < -0.4 is 10.1 Å². The lowest BCUT2D eigenvalue weighted by atomic mass is 9.79. The predicted octanol–water partition coefficient (Wildman–Crippen LogP) is 0.884. The smallest absolute Gasteiger partial charge is 0.336 e. The number of amides is 1. The zero-order valence-electron chi connectivity index (χ0n) is 18.3. The molecular formula is C24H29NO8. The van der Waals surface area contributed by atoms with Crippen LogP contribution in [0.4, 0.5) is 0 Å². The van der Waals surface area contributed by atoms with Gasteiger partial charge in [-0.15, -0.1) is 0 Å². The van der Waals surface area contributed by atoms with E-state index in [1.807, 2.05) is 24.3 Å². The lowest BCUT2D eigenvalue weighted by Gasteiger charge is -2.40. The highest BCUT2D eigenvalue weighted by molar-refractivity contribution is 5.94. The van der Waals surface area contributed by atoms with Gasteiger partial charge in [-0.3, -0.25) is 4.79 Å². The average Bonchev–Trinajstić information content (AvgIpc) is 2.81. The van der Waals surface area contributed by atoms with Crippen molar-refractivity contribution in [2.45, 2.75) is 49.8 Å². The number of carboxylic acid groups (broad SMARTS) is 1. The largest absolute Gasteiger partial charge is 0.497 e. The zero-order valence-corrected chi connectivity index (χ0v) is 18.3. The van der Waals surface area contributed by atoms with Gasteiger partial charge in [0.15, 0.2) is 5.60 Å². The van der Waals surface area contributed by atoms with Gasteiger partial charge >= 0.3 is 5.97 Å². The van der Waals surface area contributed by atoms with E-state index in [1.54, 1.807) is 31.4 Å². The fourth-order valence-electron chi connectivity index (χ4n) is 3.80. The summed E-state index contributed by atoms with van der Waals surface area (Å²) in [5.41, 5.74) is 0.338. The monoisotopic (exact) mass is 459 g/mol. The summed E-state index contributed by atoms with van der Waals surface area (Å²) in [6.45, 7) is 0.370. The first-order valence-corrected chi connectivity index (χ1v) is 10.7. The lowest BCUT2D eigenvalue weighted by molar-refractivity contribution is -0.202. The fourth-order valence-corrected chi connectivity index (χ4v) is 3.80. The third-order valence-corrected chi connectivity index (χ3v) is 5.85. The van der Waals surface area contributed by atoms with Gasteiger partial charge in [0, 0.05) is 24.9 Å². The molecule has 0 unspecified atom stereocenters. The second-order valence-electron chi connectivity index (χ2n) is 8.17. The topological polar surface area (TPSA) is 146 Å². The van der Waals surface area contributed by atoms with Crippen LogP contribution in [0.15, 0.2) is 48.5 Å². The van der Waals surface area contributed by atoms with Gasteiger partial charge in [0.25, 0.3) is 5.91 Å². The molecule has 2 aromatic rings. The summed E-state index contributed by atoms with van der Waals surface area (Å²) in [6.07, 6.45) is -4.23. The van der Waals surface area contributed by atoms with Crippen LogP contribution in [0.2, 0.25) is 0 Å². The summed E-state index contributed by atoms with van der Waals surface area (Å²) < 4.78 is 10.7. The van der Waals surface area contributed by atoms with Crippen molar-refractivity contribution in [2.75, 3.05) is 13.7 Å². The average molecular weight is 459 g/mol. The fraction of sp³-hybridized carbons (Fsp3) is 0.417. The maximum Gasteiger partial charge on any atom is 0.336 e. The minimum atomic E-state index is -1.81. The highest BCUT2D eigenvalue weighted by atomic mass is 16.5. The van der Waals surface area contributed by atoms with Crippen LogP contribution in [0.1, 0.15) is 34.3 Å². The van der Waals surface area contributed by atoms with Gasteiger partial charge < -0.3 is 35.2 Å². The van der Waals surface area contributed by atoms with E-state index in [-0.39, 0.29) is 25.4 Å². The number of carboxylic acids is 1. The van der Waals surface area contributed by atoms with Crippen LogP contribution >= 0.6 is 0 Å². The van der Waals surface area contributed by atoms with E-state index in [0.717, 1.165) is 11.3 Å². The Hall–Kier alpha value is -2.98. The second-order valence-corrected chi connectivity index (χ2v) is 8.17. The van der Waals surface area contributed by atoms with Crippen LogP contribution in [0.3, 0.4) is 0 Å². The summed E-state index contributed by atoms with van der Waals surface area (Å²) in [5, 5.41) is 41.9. The lowest BCUT2D eigenvalue weighted by Crippen LogP contribution is -2.57. The Kier molecular flexibility index (Phi) is 8.04. The maximum absolute atomic E-state index is 12.4. The summed E-state index contributed by atoms with van der Waals surface area (Å²) in [5.74, 6) is -0.777. The number of carbonyl (C=O) groups excluding carboxylic acids is 1. The highest BCUT2D eigenvalue weighted by Crippen LogP contribution is 2.33. The number of aliphatic carboxylic acids is 1. The normalized spacial score (nSPS) is 24.8. The third-order valence-electron chi connectivity index (χ3n) is 5.85. The van der Waals surface area contributed by atoms with E-state index in [1.165, 1.54) is 0 Å². The first-order valence-electron chi connectivity index (χ1n) is 10.7. The van der Waals surface area contributed by atoms with Crippen molar-refractivity contribution in [2.24, 2.45) is 0 Å². The Bertz CT molecular complexity index is 932. The molecule has 2 atom stereocenters. The SMILES string of the molecule is COc1ccc(CCNC(=O)c2ccc(COC3(C(=O)O)C[C@@H](O)C(O)[C@H](O)C3)cc2)cc1. The van der Waals surface area contributed by atoms with Crippen molar-refractivity contribution in [3.63, 3.8) is 0 Å². The molecule has 2 aromatic carbocycles. The molecule has 1 amide bonds. The molecule has 1 fully saturated rings. The molecule has 0 saturated heterocycles. The Morgan fingerprint density at radius 2 is 1.55 bits per heavy atom. The summed E-state index contributed by atoms with van der Waals surface area (Å²) in [4.78, 5) is 24.2. The molecule has 1 aliphatic carbocycles. The van der Waals surface area contributed by atoms with Crippen LogP contribution in [0.5, 0.6) is 5.75 Å². The third kappa shape index (κ3) is 6.08. The number of rotatable bonds is 9. The maximum atomic E-state index is 12.4. The Morgan fingerprint density at radius 3 is 2.09 bits per heavy atom. The molecule has 178 valence electrons. The molecule has 9 nitrogen and oxygen atoms in total. The predicted molar refractivity (Wildman–Crippen MR) is 118 cm³/mol. The van der Waals surface area contributed by atoms with Gasteiger partial charge in [-0.2, -0.15) is 0 Å². The minimum absolute atomic E-state index is 0.0960. The number of hydrogen-bond donors (Lipinski definition) is 5. The Morgan fingerprint density at radius 1 is 0.970 bits per heavy atom. The van der Waals surface area contributed by atoms with Gasteiger partial charge in [0.2, 0.25) is 0 Å². The number of ether oxygens (including phenoxy) is 2. The standard InChI is InChI=1S/C24H29NO8/c1-32-18-8-4-15(5-9-18)10-11-25-22(29)17-6-2-16(3-7-17)14-33-24(23(30)31)12-19(26)21(28)20(27)13-24/h2-9,19-21,26-28H,10-14H2,1H3,(H,25,29)(H,30,31)/t19-,20-,21?,24?/m1/s1.